The molecule has 2 atom stereocenters. The van der Waals surface area contributed by atoms with E-state index < -0.39 is 0 Å². The zero-order valence-corrected chi connectivity index (χ0v) is 12.3. The Bertz CT molecular complexity index is 305. The average molecular weight is 273 g/mol. The summed E-state index contributed by atoms with van der Waals surface area (Å²) in [6, 6.07) is 8.12. The molecule has 1 aromatic rings. The Labute approximate surface area is 115 Å². The number of halogens is 2. The molecule has 2 unspecified atom stereocenters. The van der Waals surface area contributed by atoms with Crippen molar-refractivity contribution in [3.63, 3.8) is 0 Å². The molecule has 96 valence electrons. The molecular weight excluding hydrogens is 251 g/mol. The maximum atomic E-state index is 6.07. The fourth-order valence-corrected chi connectivity index (χ4v) is 2.70. The molecular formula is C15H22Cl2. The van der Waals surface area contributed by atoms with Gasteiger partial charge in [-0.3, -0.25) is 0 Å². The van der Waals surface area contributed by atoms with Gasteiger partial charge in [0, 0.05) is 10.9 Å². The van der Waals surface area contributed by atoms with E-state index in [0.717, 1.165) is 23.2 Å². The normalized spacial score (nSPS) is 14.6. The minimum atomic E-state index is 0.583. The molecule has 1 rings (SSSR count). The minimum absolute atomic E-state index is 0.583. The Hall–Kier alpha value is -0.200. The van der Waals surface area contributed by atoms with E-state index in [0.29, 0.717) is 5.92 Å². The van der Waals surface area contributed by atoms with Crippen molar-refractivity contribution >= 4 is 23.2 Å². The van der Waals surface area contributed by atoms with Crippen molar-refractivity contribution in [3.05, 3.63) is 34.9 Å². The van der Waals surface area contributed by atoms with Gasteiger partial charge in [0.15, 0.2) is 0 Å². The van der Waals surface area contributed by atoms with Crippen molar-refractivity contribution in [3.8, 4) is 0 Å². The van der Waals surface area contributed by atoms with Gasteiger partial charge in [0.25, 0.3) is 0 Å². The molecule has 0 radical (unpaired) electrons. The Morgan fingerprint density at radius 2 is 1.82 bits per heavy atom. The molecule has 0 aliphatic heterocycles. The van der Waals surface area contributed by atoms with Crippen LogP contribution >= 0.6 is 23.2 Å². The van der Waals surface area contributed by atoms with Crippen LogP contribution in [0.4, 0.5) is 0 Å². The standard InChI is InChI=1S/C15H22Cl2/c1-3-4-12(2)9-14(11-16)10-13-5-7-15(17)8-6-13/h5-8,12,14H,3-4,9-11H2,1-2H3. The largest absolute Gasteiger partial charge is 0.126 e. The lowest BCUT2D eigenvalue weighted by Gasteiger charge is -2.18. The average Bonchev–Trinajstić information content (AvgIpc) is 2.31. The van der Waals surface area contributed by atoms with E-state index in [1.807, 2.05) is 12.1 Å². The van der Waals surface area contributed by atoms with Crippen molar-refractivity contribution in [2.24, 2.45) is 11.8 Å². The van der Waals surface area contributed by atoms with Crippen molar-refractivity contribution < 1.29 is 0 Å². The second kappa shape index (κ2) is 8.00. The van der Waals surface area contributed by atoms with Crippen molar-refractivity contribution in [2.45, 2.75) is 39.5 Å². The summed E-state index contributed by atoms with van der Waals surface area (Å²) < 4.78 is 0. The molecule has 0 aliphatic rings. The molecule has 0 saturated carbocycles. The molecule has 1 aromatic carbocycles. The first kappa shape index (κ1) is 14.9. The van der Waals surface area contributed by atoms with Gasteiger partial charge in [0.05, 0.1) is 0 Å². The second-order valence-electron chi connectivity index (χ2n) is 4.98. The lowest BCUT2D eigenvalue weighted by Crippen LogP contribution is -2.11. The van der Waals surface area contributed by atoms with Crippen molar-refractivity contribution in [2.75, 3.05) is 5.88 Å². The Balaban J connectivity index is 2.48. The molecule has 2 heteroatoms. The van der Waals surface area contributed by atoms with Gasteiger partial charge in [-0.1, -0.05) is 50.4 Å². The Morgan fingerprint density at radius 3 is 2.35 bits per heavy atom. The highest BCUT2D eigenvalue weighted by Crippen LogP contribution is 2.22. The van der Waals surface area contributed by atoms with E-state index in [2.05, 4.69) is 26.0 Å². The van der Waals surface area contributed by atoms with Gasteiger partial charge in [-0.2, -0.15) is 0 Å². The third kappa shape index (κ3) is 5.79. The second-order valence-corrected chi connectivity index (χ2v) is 5.73. The molecule has 0 N–H and O–H groups in total. The number of rotatable bonds is 7. The summed E-state index contributed by atoms with van der Waals surface area (Å²) in [7, 11) is 0. The van der Waals surface area contributed by atoms with Gasteiger partial charge in [0.2, 0.25) is 0 Å². The third-order valence-electron chi connectivity index (χ3n) is 3.17. The van der Waals surface area contributed by atoms with E-state index in [1.54, 1.807) is 0 Å². The van der Waals surface area contributed by atoms with E-state index in [1.165, 1.54) is 24.8 Å². The van der Waals surface area contributed by atoms with Crippen molar-refractivity contribution in [1.82, 2.24) is 0 Å². The summed E-state index contributed by atoms with van der Waals surface area (Å²) in [5.74, 6) is 2.10. The van der Waals surface area contributed by atoms with Gasteiger partial charge >= 0.3 is 0 Å². The van der Waals surface area contributed by atoms with Gasteiger partial charge in [-0.15, -0.1) is 11.6 Å². The molecule has 0 bridgehead atoms. The maximum absolute atomic E-state index is 6.07. The van der Waals surface area contributed by atoms with E-state index in [4.69, 9.17) is 23.2 Å². The number of hydrogen-bond donors (Lipinski definition) is 0. The Kier molecular flexibility index (Phi) is 6.99. The minimum Gasteiger partial charge on any atom is -0.126 e. The highest BCUT2D eigenvalue weighted by molar-refractivity contribution is 6.30. The number of hydrogen-bond acceptors (Lipinski definition) is 0. The van der Waals surface area contributed by atoms with Crippen LogP contribution in [0.3, 0.4) is 0 Å². The first-order valence-electron chi connectivity index (χ1n) is 6.46. The van der Waals surface area contributed by atoms with Gasteiger partial charge in [-0.05, 0) is 42.4 Å². The SMILES string of the molecule is CCCC(C)CC(CCl)Cc1ccc(Cl)cc1. The van der Waals surface area contributed by atoms with E-state index >= 15 is 0 Å². The van der Waals surface area contributed by atoms with Crippen LogP contribution in [0.25, 0.3) is 0 Å². The van der Waals surface area contributed by atoms with E-state index in [9.17, 15) is 0 Å². The summed E-state index contributed by atoms with van der Waals surface area (Å²) in [6.07, 6.45) is 4.85. The fraction of sp³-hybridized carbons (Fsp3) is 0.600. The molecule has 0 spiro atoms. The number of alkyl halides is 1. The molecule has 0 nitrogen and oxygen atoms in total. The third-order valence-corrected chi connectivity index (χ3v) is 3.86. The van der Waals surface area contributed by atoms with Crippen LogP contribution in [-0.2, 0) is 6.42 Å². The predicted octanol–water partition coefficient (Wildman–Crippen LogP) is 5.56. The van der Waals surface area contributed by atoms with Gasteiger partial charge in [-0.25, -0.2) is 0 Å². The summed E-state index contributed by atoms with van der Waals surface area (Å²) in [5.41, 5.74) is 1.34. The van der Waals surface area contributed by atoms with Gasteiger partial charge in [0.1, 0.15) is 0 Å². The van der Waals surface area contributed by atoms with E-state index in [-0.39, 0.29) is 0 Å². The molecule has 0 fully saturated rings. The first-order chi connectivity index (χ1) is 8.15. The highest BCUT2D eigenvalue weighted by atomic mass is 35.5. The Morgan fingerprint density at radius 1 is 1.18 bits per heavy atom. The first-order valence-corrected chi connectivity index (χ1v) is 7.37. The van der Waals surface area contributed by atoms with Gasteiger partial charge < -0.3 is 0 Å². The molecule has 0 amide bonds. The predicted molar refractivity (Wildman–Crippen MR) is 78.1 cm³/mol. The molecule has 17 heavy (non-hydrogen) atoms. The molecule has 0 heterocycles. The van der Waals surface area contributed by atoms with Crippen LogP contribution in [0.5, 0.6) is 0 Å². The highest BCUT2D eigenvalue weighted by Gasteiger charge is 2.12. The van der Waals surface area contributed by atoms with Crippen LogP contribution < -0.4 is 0 Å². The van der Waals surface area contributed by atoms with Crippen LogP contribution in [0.2, 0.25) is 5.02 Å². The monoisotopic (exact) mass is 272 g/mol. The lowest BCUT2D eigenvalue weighted by molar-refractivity contribution is 0.393. The van der Waals surface area contributed by atoms with Crippen molar-refractivity contribution in [1.29, 1.82) is 0 Å². The zero-order valence-electron chi connectivity index (χ0n) is 10.8. The summed E-state index contributed by atoms with van der Waals surface area (Å²) in [6.45, 7) is 4.57. The smallest absolute Gasteiger partial charge is 0.0406 e. The molecule has 0 aromatic heterocycles. The quantitative estimate of drug-likeness (QED) is 0.570. The topological polar surface area (TPSA) is 0 Å². The van der Waals surface area contributed by atoms with Crippen LogP contribution in [0.1, 0.15) is 38.7 Å². The molecule has 0 aliphatic carbocycles. The molecule has 0 saturated heterocycles. The maximum Gasteiger partial charge on any atom is 0.0406 e. The van der Waals surface area contributed by atoms with Crippen LogP contribution in [-0.4, -0.2) is 5.88 Å². The van der Waals surface area contributed by atoms with Crippen LogP contribution in [0, 0.1) is 11.8 Å². The lowest BCUT2D eigenvalue weighted by atomic mass is 9.89. The summed E-state index contributed by atoms with van der Waals surface area (Å²) >= 11 is 11.9. The van der Waals surface area contributed by atoms with Crippen LogP contribution in [0.15, 0.2) is 24.3 Å². The summed E-state index contributed by atoms with van der Waals surface area (Å²) in [4.78, 5) is 0. The number of benzene rings is 1. The fourth-order valence-electron chi connectivity index (χ4n) is 2.33. The summed E-state index contributed by atoms with van der Waals surface area (Å²) in [5, 5.41) is 0.801. The zero-order chi connectivity index (χ0) is 12.7.